The number of hydrogen-bond acceptors (Lipinski definition) is 7. The lowest BCUT2D eigenvalue weighted by Gasteiger charge is -2.32. The lowest BCUT2D eigenvalue weighted by atomic mass is 9.91. The van der Waals surface area contributed by atoms with Crippen molar-refractivity contribution in [1.82, 2.24) is 25.2 Å². The van der Waals surface area contributed by atoms with Gasteiger partial charge in [-0.15, -0.1) is 0 Å². The zero-order valence-electron chi connectivity index (χ0n) is 26.1. The Balaban J connectivity index is 1.31. The summed E-state index contributed by atoms with van der Waals surface area (Å²) < 4.78 is 27.3. The maximum Gasteiger partial charge on any atom is 0.237 e. The third-order valence-electron chi connectivity index (χ3n) is 9.43. The standard InChI is InChI=1S/C33H47N5O5S/c1-4-38-21-24-15-16-44(42,43)37(3)28-18-25(19-29(38)31(24)28)33(41)36-27(17-23-11-7-5-8-12-23)30(39)20-34-22(2)32(40)35-26-13-9-6-10-14-26/h5,7-8,11-12,18-19,22,25-27,30,34,39H,4,6,9-10,13-17,20-21H2,1-3H3,(H,35,40)(H,36,41)/t22-,25?,27-,30+/m0/s1. The van der Waals surface area contributed by atoms with E-state index in [4.69, 9.17) is 0 Å². The maximum atomic E-state index is 13.9. The van der Waals surface area contributed by atoms with Gasteiger partial charge in [-0.2, -0.15) is 0 Å². The molecule has 0 radical (unpaired) electrons. The molecule has 0 bridgehead atoms. The first-order valence-electron chi connectivity index (χ1n) is 16.0. The van der Waals surface area contributed by atoms with Crippen molar-refractivity contribution in [2.75, 3.05) is 32.4 Å². The number of hydrogen-bond donors (Lipinski definition) is 4. The molecule has 240 valence electrons. The van der Waals surface area contributed by atoms with Crippen LogP contribution in [-0.4, -0.2) is 91.2 Å². The highest BCUT2D eigenvalue weighted by Gasteiger charge is 2.40. The van der Waals surface area contributed by atoms with Crippen LogP contribution >= 0.6 is 0 Å². The lowest BCUT2D eigenvalue weighted by Crippen LogP contribution is -2.53. The van der Waals surface area contributed by atoms with E-state index in [2.05, 4.69) is 27.8 Å². The van der Waals surface area contributed by atoms with Crippen molar-refractivity contribution in [1.29, 1.82) is 0 Å². The van der Waals surface area contributed by atoms with E-state index in [1.807, 2.05) is 36.4 Å². The summed E-state index contributed by atoms with van der Waals surface area (Å²) in [6.45, 7) is 5.35. The molecule has 1 aromatic carbocycles. The Morgan fingerprint density at radius 2 is 1.77 bits per heavy atom. The normalized spacial score (nSPS) is 23.6. The third kappa shape index (κ3) is 7.21. The Morgan fingerprint density at radius 1 is 1.07 bits per heavy atom. The minimum atomic E-state index is -3.51. The number of benzene rings is 1. The van der Waals surface area contributed by atoms with Crippen LogP contribution in [-0.2, 0) is 26.0 Å². The van der Waals surface area contributed by atoms with Crippen molar-refractivity contribution < 1.29 is 23.1 Å². The molecule has 4 aliphatic rings. The molecule has 0 aromatic heterocycles. The van der Waals surface area contributed by atoms with E-state index in [0.717, 1.165) is 54.6 Å². The number of aliphatic hydroxyl groups is 1. The van der Waals surface area contributed by atoms with Crippen LogP contribution in [0.1, 0.15) is 57.9 Å². The first-order chi connectivity index (χ1) is 21.1. The highest BCUT2D eigenvalue weighted by atomic mass is 32.2. The van der Waals surface area contributed by atoms with Gasteiger partial charge in [0.15, 0.2) is 0 Å². The molecular weight excluding hydrogens is 578 g/mol. The fourth-order valence-electron chi connectivity index (χ4n) is 6.68. The first-order valence-corrected chi connectivity index (χ1v) is 17.6. The van der Waals surface area contributed by atoms with Gasteiger partial charge in [0.1, 0.15) is 0 Å². The number of likely N-dealkylation sites (N-methyl/N-ethyl adjacent to an activating group) is 2. The molecule has 44 heavy (non-hydrogen) atoms. The van der Waals surface area contributed by atoms with Crippen LogP contribution in [0.4, 0.5) is 0 Å². The van der Waals surface area contributed by atoms with Gasteiger partial charge < -0.3 is 26.0 Å². The Hall–Kier alpha value is -3.15. The van der Waals surface area contributed by atoms with Crippen molar-refractivity contribution in [2.24, 2.45) is 5.92 Å². The van der Waals surface area contributed by atoms with Crippen LogP contribution < -0.4 is 16.0 Å². The smallest absolute Gasteiger partial charge is 0.237 e. The summed E-state index contributed by atoms with van der Waals surface area (Å²) in [6, 6.07) is 8.71. The Bertz CT molecular complexity index is 1420. The zero-order valence-corrected chi connectivity index (χ0v) is 26.9. The van der Waals surface area contributed by atoms with E-state index in [9.17, 15) is 23.1 Å². The first kappa shape index (κ1) is 32.2. The molecule has 2 heterocycles. The number of carbonyl (C=O) groups is 2. The molecule has 4 atom stereocenters. The summed E-state index contributed by atoms with van der Waals surface area (Å²) in [5, 5.41) is 20.7. The largest absolute Gasteiger partial charge is 0.390 e. The fraction of sp³-hybridized carbons (Fsp3) is 0.576. The SMILES string of the molecule is CCN1CC2=C3C1=CC(C(=O)N[C@@H](Cc1ccccc1)[C@H](O)CN[C@@H](C)C(=O)NC1CCCCC1)C=C3N(C)S(=O)(=O)CC2. The van der Waals surface area contributed by atoms with E-state index < -0.39 is 34.1 Å². The average Bonchev–Trinajstić information content (AvgIpc) is 3.35. The number of nitrogens with one attached hydrogen (secondary N) is 3. The van der Waals surface area contributed by atoms with Crippen molar-refractivity contribution in [3.63, 3.8) is 0 Å². The van der Waals surface area contributed by atoms with Gasteiger partial charge in [0, 0.05) is 44.0 Å². The van der Waals surface area contributed by atoms with Gasteiger partial charge >= 0.3 is 0 Å². The van der Waals surface area contributed by atoms with Crippen LogP contribution in [0.15, 0.2) is 65.0 Å². The summed E-state index contributed by atoms with van der Waals surface area (Å²) in [5.41, 5.74) is 4.40. The van der Waals surface area contributed by atoms with Gasteiger partial charge in [0.2, 0.25) is 21.8 Å². The van der Waals surface area contributed by atoms with Gasteiger partial charge in [-0.25, -0.2) is 8.42 Å². The molecule has 0 saturated heterocycles. The molecule has 1 unspecified atom stereocenters. The molecule has 2 aliphatic heterocycles. The summed E-state index contributed by atoms with van der Waals surface area (Å²) in [4.78, 5) is 28.9. The van der Waals surface area contributed by atoms with Crippen molar-refractivity contribution >= 4 is 21.8 Å². The summed E-state index contributed by atoms with van der Waals surface area (Å²) >= 11 is 0. The van der Waals surface area contributed by atoms with Crippen molar-refractivity contribution in [3.05, 3.63) is 70.6 Å². The predicted octanol–water partition coefficient (Wildman–Crippen LogP) is 2.20. The highest BCUT2D eigenvalue weighted by molar-refractivity contribution is 7.89. The van der Waals surface area contributed by atoms with E-state index in [-0.39, 0.29) is 30.2 Å². The van der Waals surface area contributed by atoms with Gasteiger partial charge in [0.25, 0.3) is 0 Å². The Labute approximate surface area is 261 Å². The number of amides is 2. The van der Waals surface area contributed by atoms with Crippen LogP contribution in [0.5, 0.6) is 0 Å². The maximum absolute atomic E-state index is 13.9. The number of sulfonamides is 1. The molecule has 5 rings (SSSR count). The summed E-state index contributed by atoms with van der Waals surface area (Å²) in [5.74, 6) is -1.08. The summed E-state index contributed by atoms with van der Waals surface area (Å²) in [6.07, 6.45) is 8.99. The molecule has 2 amide bonds. The average molecular weight is 626 g/mol. The van der Waals surface area contributed by atoms with Gasteiger partial charge in [0.05, 0.1) is 35.6 Å². The quantitative estimate of drug-likeness (QED) is 0.297. The Morgan fingerprint density at radius 3 is 2.48 bits per heavy atom. The topological polar surface area (TPSA) is 131 Å². The van der Waals surface area contributed by atoms with Crippen LogP contribution in [0, 0.1) is 5.92 Å². The number of nitrogens with zero attached hydrogens (tertiary/aromatic N) is 2. The Kier molecular flexibility index (Phi) is 10.2. The molecule has 11 heteroatoms. The van der Waals surface area contributed by atoms with Gasteiger partial charge in [-0.3, -0.25) is 13.9 Å². The minimum absolute atomic E-state index is 0.0385. The highest BCUT2D eigenvalue weighted by Crippen LogP contribution is 2.43. The monoisotopic (exact) mass is 625 g/mol. The predicted molar refractivity (Wildman–Crippen MR) is 171 cm³/mol. The molecule has 10 nitrogen and oxygen atoms in total. The second kappa shape index (κ2) is 13.9. The lowest BCUT2D eigenvalue weighted by molar-refractivity contribution is -0.125. The van der Waals surface area contributed by atoms with E-state index in [0.29, 0.717) is 25.1 Å². The molecular formula is C33H47N5O5S. The molecule has 2 aliphatic carbocycles. The molecule has 1 saturated carbocycles. The molecule has 0 spiro atoms. The number of rotatable bonds is 11. The van der Waals surface area contributed by atoms with Crippen molar-refractivity contribution in [2.45, 2.75) is 83.0 Å². The van der Waals surface area contributed by atoms with E-state index >= 15 is 0 Å². The number of carbonyl (C=O) groups excluding carboxylic acids is 2. The summed E-state index contributed by atoms with van der Waals surface area (Å²) in [7, 11) is -1.95. The minimum Gasteiger partial charge on any atom is -0.390 e. The van der Waals surface area contributed by atoms with Gasteiger partial charge in [-0.1, -0.05) is 49.6 Å². The van der Waals surface area contributed by atoms with Crippen LogP contribution in [0.2, 0.25) is 0 Å². The molecule has 1 aromatic rings. The molecule has 1 fully saturated rings. The fourth-order valence-corrected chi connectivity index (χ4v) is 7.91. The number of aliphatic hydroxyl groups excluding tert-OH is 1. The van der Waals surface area contributed by atoms with Crippen LogP contribution in [0.25, 0.3) is 0 Å². The second-order valence-corrected chi connectivity index (χ2v) is 14.6. The second-order valence-electron chi connectivity index (χ2n) is 12.5. The van der Waals surface area contributed by atoms with E-state index in [1.54, 1.807) is 20.0 Å². The van der Waals surface area contributed by atoms with Gasteiger partial charge in [-0.05, 0) is 62.8 Å². The van der Waals surface area contributed by atoms with Crippen molar-refractivity contribution in [3.8, 4) is 0 Å². The zero-order chi connectivity index (χ0) is 31.4. The van der Waals surface area contributed by atoms with Crippen LogP contribution in [0.3, 0.4) is 0 Å². The molecule has 4 N–H and O–H groups in total. The van der Waals surface area contributed by atoms with E-state index in [1.165, 1.54) is 10.7 Å². The third-order valence-corrected chi connectivity index (χ3v) is 11.2.